The summed E-state index contributed by atoms with van der Waals surface area (Å²) in [5.41, 5.74) is 0. The van der Waals surface area contributed by atoms with E-state index in [1.807, 2.05) is 13.8 Å². The van der Waals surface area contributed by atoms with Crippen molar-refractivity contribution in [3.05, 3.63) is 24.3 Å². The van der Waals surface area contributed by atoms with Gasteiger partial charge in [-0.25, -0.2) is 8.42 Å². The minimum Gasteiger partial charge on any atom is -0.494 e. The highest BCUT2D eigenvalue weighted by atomic mass is 32.2. The zero-order chi connectivity index (χ0) is 16.2. The molecule has 0 aliphatic carbocycles. The molecule has 1 aliphatic rings. The van der Waals surface area contributed by atoms with E-state index in [4.69, 9.17) is 9.47 Å². The molecule has 2 unspecified atom stereocenters. The van der Waals surface area contributed by atoms with Crippen LogP contribution in [-0.2, 0) is 14.8 Å². The van der Waals surface area contributed by atoms with Crippen LogP contribution in [0.2, 0.25) is 0 Å². The molecule has 1 aromatic rings. The molecule has 1 heterocycles. The predicted octanol–water partition coefficient (Wildman–Crippen LogP) is 2.66. The van der Waals surface area contributed by atoms with E-state index in [-0.39, 0.29) is 12.2 Å². The largest absolute Gasteiger partial charge is 0.494 e. The number of nitrogens with zero attached hydrogens (tertiary/aromatic N) is 1. The van der Waals surface area contributed by atoms with E-state index in [2.05, 4.69) is 6.92 Å². The van der Waals surface area contributed by atoms with Gasteiger partial charge in [0.15, 0.2) is 0 Å². The summed E-state index contributed by atoms with van der Waals surface area (Å²) >= 11 is 0. The molecule has 22 heavy (non-hydrogen) atoms. The van der Waals surface area contributed by atoms with Crippen molar-refractivity contribution in [2.75, 3.05) is 19.7 Å². The van der Waals surface area contributed by atoms with Gasteiger partial charge in [-0.15, -0.1) is 0 Å². The molecular weight excluding hydrogens is 302 g/mol. The molecule has 2 rings (SSSR count). The Hall–Kier alpha value is -1.11. The third-order valence-corrected chi connectivity index (χ3v) is 5.46. The third-order valence-electron chi connectivity index (χ3n) is 3.61. The van der Waals surface area contributed by atoms with Crippen LogP contribution in [0, 0.1) is 0 Å². The molecule has 6 heteroatoms. The second kappa shape index (κ2) is 7.44. The summed E-state index contributed by atoms with van der Waals surface area (Å²) in [4.78, 5) is 0.302. The van der Waals surface area contributed by atoms with Gasteiger partial charge >= 0.3 is 0 Å². The van der Waals surface area contributed by atoms with Crippen molar-refractivity contribution >= 4 is 10.0 Å². The Morgan fingerprint density at radius 3 is 2.32 bits per heavy atom. The Morgan fingerprint density at radius 1 is 1.18 bits per heavy atom. The fraction of sp³-hybridized carbons (Fsp3) is 0.625. The van der Waals surface area contributed by atoms with Crippen molar-refractivity contribution in [2.45, 2.75) is 50.7 Å². The van der Waals surface area contributed by atoms with Crippen molar-refractivity contribution in [1.29, 1.82) is 0 Å². The van der Waals surface area contributed by atoms with E-state index in [1.54, 1.807) is 24.3 Å². The van der Waals surface area contributed by atoms with E-state index in [0.717, 1.165) is 12.8 Å². The lowest BCUT2D eigenvalue weighted by Gasteiger charge is -2.34. The summed E-state index contributed by atoms with van der Waals surface area (Å²) in [6, 6.07) is 6.66. The molecule has 1 fully saturated rings. The van der Waals surface area contributed by atoms with Crippen LogP contribution in [0.25, 0.3) is 0 Å². The first kappa shape index (κ1) is 17.2. The van der Waals surface area contributed by atoms with Gasteiger partial charge in [0, 0.05) is 13.1 Å². The molecule has 2 atom stereocenters. The molecule has 1 saturated heterocycles. The summed E-state index contributed by atoms with van der Waals surface area (Å²) in [6.07, 6.45) is 1.88. The number of hydrogen-bond donors (Lipinski definition) is 0. The smallest absolute Gasteiger partial charge is 0.243 e. The van der Waals surface area contributed by atoms with Crippen LogP contribution in [0.4, 0.5) is 0 Å². The van der Waals surface area contributed by atoms with Crippen LogP contribution in [0.1, 0.15) is 33.6 Å². The number of rotatable bonds is 6. The maximum atomic E-state index is 12.7. The first-order valence-corrected chi connectivity index (χ1v) is 9.26. The van der Waals surface area contributed by atoms with E-state index in [1.165, 1.54) is 4.31 Å². The monoisotopic (exact) mass is 327 g/mol. The second-order valence-corrected chi connectivity index (χ2v) is 7.69. The summed E-state index contributed by atoms with van der Waals surface area (Å²) in [6.45, 7) is 7.32. The fourth-order valence-corrected chi connectivity index (χ4v) is 4.11. The van der Waals surface area contributed by atoms with Gasteiger partial charge in [-0.05, 0) is 44.5 Å². The molecule has 1 aliphatic heterocycles. The van der Waals surface area contributed by atoms with Gasteiger partial charge < -0.3 is 9.47 Å². The number of ether oxygens (including phenoxy) is 2. The molecule has 0 saturated carbocycles. The van der Waals surface area contributed by atoms with Gasteiger partial charge in [0.1, 0.15) is 5.75 Å². The molecule has 0 bridgehead atoms. The highest BCUT2D eigenvalue weighted by Crippen LogP contribution is 2.23. The molecule has 0 N–H and O–H groups in total. The zero-order valence-corrected chi connectivity index (χ0v) is 14.3. The Bertz CT molecular complexity index is 560. The topological polar surface area (TPSA) is 55.8 Å². The average Bonchev–Trinajstić information content (AvgIpc) is 2.47. The number of benzene rings is 1. The van der Waals surface area contributed by atoms with E-state index >= 15 is 0 Å². The standard InChI is InChI=1S/C16H25NO4S/c1-4-5-10-20-15-6-8-16(9-7-15)22(18,19)17-11-13(2)21-14(3)12-17/h6-9,13-14H,4-5,10-12H2,1-3H3. The zero-order valence-electron chi connectivity index (χ0n) is 13.5. The van der Waals surface area contributed by atoms with Crippen LogP contribution in [0.3, 0.4) is 0 Å². The van der Waals surface area contributed by atoms with Crippen LogP contribution in [0.15, 0.2) is 29.2 Å². The Kier molecular flexibility index (Phi) is 5.83. The van der Waals surface area contributed by atoms with Gasteiger partial charge in [0.2, 0.25) is 10.0 Å². The minimum absolute atomic E-state index is 0.0878. The molecular formula is C16H25NO4S. The Balaban J connectivity index is 2.09. The van der Waals surface area contributed by atoms with E-state index in [0.29, 0.717) is 30.3 Å². The van der Waals surface area contributed by atoms with E-state index < -0.39 is 10.0 Å². The number of morpholine rings is 1. The molecule has 0 aromatic heterocycles. The van der Waals surface area contributed by atoms with Crippen molar-refractivity contribution in [2.24, 2.45) is 0 Å². The highest BCUT2D eigenvalue weighted by molar-refractivity contribution is 7.89. The van der Waals surface area contributed by atoms with Gasteiger partial charge in [0.05, 0.1) is 23.7 Å². The first-order valence-electron chi connectivity index (χ1n) is 7.82. The molecule has 124 valence electrons. The minimum atomic E-state index is -3.47. The van der Waals surface area contributed by atoms with Crippen LogP contribution in [-0.4, -0.2) is 44.6 Å². The van der Waals surface area contributed by atoms with Crippen molar-refractivity contribution < 1.29 is 17.9 Å². The molecule has 0 amide bonds. The van der Waals surface area contributed by atoms with Crippen molar-refractivity contribution in [1.82, 2.24) is 4.31 Å². The van der Waals surface area contributed by atoms with E-state index in [9.17, 15) is 8.42 Å². The highest BCUT2D eigenvalue weighted by Gasteiger charge is 2.32. The van der Waals surface area contributed by atoms with Crippen molar-refractivity contribution in [3.8, 4) is 5.75 Å². The lowest BCUT2D eigenvalue weighted by Crippen LogP contribution is -2.48. The fourth-order valence-electron chi connectivity index (χ4n) is 2.52. The van der Waals surface area contributed by atoms with Gasteiger partial charge in [-0.3, -0.25) is 0 Å². The molecule has 1 aromatic carbocycles. The SMILES string of the molecule is CCCCOc1ccc(S(=O)(=O)N2CC(C)OC(C)C2)cc1. The summed E-state index contributed by atoms with van der Waals surface area (Å²) in [5, 5.41) is 0. The maximum absolute atomic E-state index is 12.7. The summed E-state index contributed by atoms with van der Waals surface area (Å²) in [5.74, 6) is 0.705. The molecule has 0 radical (unpaired) electrons. The number of sulfonamides is 1. The summed E-state index contributed by atoms with van der Waals surface area (Å²) < 4.78 is 38.0. The summed E-state index contributed by atoms with van der Waals surface area (Å²) in [7, 11) is -3.47. The maximum Gasteiger partial charge on any atom is 0.243 e. The second-order valence-electron chi connectivity index (χ2n) is 5.75. The van der Waals surface area contributed by atoms with Gasteiger partial charge in [-0.1, -0.05) is 13.3 Å². The third kappa shape index (κ3) is 4.21. The molecule has 0 spiro atoms. The van der Waals surface area contributed by atoms with Crippen molar-refractivity contribution in [3.63, 3.8) is 0 Å². The van der Waals surface area contributed by atoms with Crippen LogP contribution < -0.4 is 4.74 Å². The predicted molar refractivity (Wildman–Crippen MR) is 85.6 cm³/mol. The van der Waals surface area contributed by atoms with Gasteiger partial charge in [-0.2, -0.15) is 4.31 Å². The average molecular weight is 327 g/mol. The van der Waals surface area contributed by atoms with Crippen LogP contribution in [0.5, 0.6) is 5.75 Å². The number of hydrogen-bond acceptors (Lipinski definition) is 4. The Morgan fingerprint density at radius 2 is 1.77 bits per heavy atom. The van der Waals surface area contributed by atoms with Gasteiger partial charge in [0.25, 0.3) is 0 Å². The quantitative estimate of drug-likeness (QED) is 0.754. The van der Waals surface area contributed by atoms with Crippen LogP contribution >= 0.6 is 0 Å². The Labute approximate surface area is 133 Å². The lowest BCUT2D eigenvalue weighted by molar-refractivity contribution is -0.0440. The lowest BCUT2D eigenvalue weighted by atomic mass is 10.3. The normalized spacial score (nSPS) is 23.4. The first-order chi connectivity index (χ1) is 10.4. The molecule has 5 nitrogen and oxygen atoms in total. The number of unbranched alkanes of at least 4 members (excludes halogenated alkanes) is 1.